The van der Waals surface area contributed by atoms with Gasteiger partial charge in [-0.2, -0.15) is 0 Å². The number of carbonyl (C=O) groups is 1. The Hall–Kier alpha value is -3.19. The first kappa shape index (κ1) is 19.1. The fraction of sp³-hybridized carbons (Fsp3) is 0.273. The zero-order valence-electron chi connectivity index (χ0n) is 16.1. The number of carbonyl (C=O) groups excluding carboxylic acids is 1. The molecule has 3 aromatic rings. The van der Waals surface area contributed by atoms with Crippen molar-refractivity contribution in [2.24, 2.45) is 0 Å². The third-order valence-electron chi connectivity index (χ3n) is 5.17. The molecule has 7 heteroatoms. The minimum Gasteiger partial charge on any atom is -0.496 e. The number of ether oxygens (including phenoxy) is 1. The quantitative estimate of drug-likeness (QED) is 0.635. The van der Waals surface area contributed by atoms with Crippen molar-refractivity contribution in [1.29, 1.82) is 0 Å². The van der Waals surface area contributed by atoms with Gasteiger partial charge in [0.2, 0.25) is 0 Å². The van der Waals surface area contributed by atoms with Gasteiger partial charge in [0.25, 0.3) is 5.91 Å². The van der Waals surface area contributed by atoms with Crippen molar-refractivity contribution in [3.63, 3.8) is 0 Å². The zero-order valence-corrected chi connectivity index (χ0v) is 16.1. The molecule has 0 saturated carbocycles. The van der Waals surface area contributed by atoms with Crippen molar-refractivity contribution in [2.75, 3.05) is 33.3 Å². The van der Waals surface area contributed by atoms with E-state index in [-0.39, 0.29) is 17.3 Å². The summed E-state index contributed by atoms with van der Waals surface area (Å²) in [5.41, 5.74) is 0.648. The van der Waals surface area contributed by atoms with Gasteiger partial charge < -0.3 is 14.1 Å². The first-order valence-electron chi connectivity index (χ1n) is 9.42. The Bertz CT molecular complexity index is 1100. The third-order valence-corrected chi connectivity index (χ3v) is 5.17. The molecule has 4 rings (SSSR count). The van der Waals surface area contributed by atoms with E-state index in [1.807, 2.05) is 6.07 Å². The number of rotatable bonds is 4. The fourth-order valence-electron chi connectivity index (χ4n) is 3.60. The lowest BCUT2D eigenvalue weighted by Gasteiger charge is -2.34. The van der Waals surface area contributed by atoms with Crippen molar-refractivity contribution >= 4 is 16.9 Å². The van der Waals surface area contributed by atoms with Crippen molar-refractivity contribution in [1.82, 2.24) is 9.80 Å². The highest BCUT2D eigenvalue weighted by molar-refractivity contribution is 5.96. The fourth-order valence-corrected chi connectivity index (χ4v) is 3.60. The van der Waals surface area contributed by atoms with Gasteiger partial charge >= 0.3 is 5.63 Å². The summed E-state index contributed by atoms with van der Waals surface area (Å²) >= 11 is 0. The molecule has 0 bridgehead atoms. The van der Waals surface area contributed by atoms with Crippen LogP contribution in [0.4, 0.5) is 4.39 Å². The third kappa shape index (κ3) is 4.00. The lowest BCUT2D eigenvalue weighted by Crippen LogP contribution is -2.49. The van der Waals surface area contributed by atoms with Gasteiger partial charge in [-0.05, 0) is 30.3 Å². The number of hydrogen-bond acceptors (Lipinski definition) is 5. The maximum atomic E-state index is 13.6. The van der Waals surface area contributed by atoms with E-state index in [9.17, 15) is 14.0 Å². The first-order chi connectivity index (χ1) is 14.0. The average molecular weight is 396 g/mol. The number of halogens is 1. The summed E-state index contributed by atoms with van der Waals surface area (Å²) in [5, 5.41) is 0.715. The SMILES string of the molecule is COc1ccc(F)cc1CN1CCN(C(=O)c2cc3ccccc3oc2=O)CC1. The number of methoxy groups -OCH3 is 1. The largest absolute Gasteiger partial charge is 0.496 e. The second kappa shape index (κ2) is 8.05. The molecule has 1 amide bonds. The van der Waals surface area contributed by atoms with Crippen LogP contribution in [0.1, 0.15) is 15.9 Å². The summed E-state index contributed by atoms with van der Waals surface area (Å²) in [4.78, 5) is 28.9. The monoisotopic (exact) mass is 396 g/mol. The molecule has 150 valence electrons. The smallest absolute Gasteiger partial charge is 0.349 e. The van der Waals surface area contributed by atoms with Crippen LogP contribution in [0.15, 0.2) is 57.7 Å². The van der Waals surface area contributed by atoms with Crippen LogP contribution in [0, 0.1) is 5.82 Å². The number of benzene rings is 2. The van der Waals surface area contributed by atoms with Crippen molar-refractivity contribution in [2.45, 2.75) is 6.54 Å². The predicted octanol–water partition coefficient (Wildman–Crippen LogP) is 2.90. The number of piperazine rings is 1. The van der Waals surface area contributed by atoms with E-state index < -0.39 is 5.63 Å². The molecule has 1 aliphatic heterocycles. The molecule has 0 spiro atoms. The summed E-state index contributed by atoms with van der Waals surface area (Å²) in [6.45, 7) is 2.71. The summed E-state index contributed by atoms with van der Waals surface area (Å²) in [6.07, 6.45) is 0. The molecule has 1 fully saturated rings. The molecule has 0 radical (unpaired) electrons. The van der Waals surface area contributed by atoms with E-state index in [1.165, 1.54) is 12.1 Å². The minimum absolute atomic E-state index is 0.0453. The lowest BCUT2D eigenvalue weighted by molar-refractivity contribution is 0.0623. The molecule has 1 aliphatic rings. The van der Waals surface area contributed by atoms with E-state index in [0.717, 1.165) is 5.56 Å². The highest BCUT2D eigenvalue weighted by Gasteiger charge is 2.25. The molecule has 0 N–H and O–H groups in total. The summed E-state index contributed by atoms with van der Waals surface area (Å²) in [6, 6.07) is 13.2. The van der Waals surface area contributed by atoms with Crippen LogP contribution in [-0.2, 0) is 6.54 Å². The van der Waals surface area contributed by atoms with Gasteiger partial charge in [0.1, 0.15) is 22.7 Å². The second-order valence-corrected chi connectivity index (χ2v) is 7.01. The summed E-state index contributed by atoms with van der Waals surface area (Å²) in [5.74, 6) is 0.00353. The molecule has 2 aromatic carbocycles. The maximum absolute atomic E-state index is 13.6. The molecule has 0 atom stereocenters. The van der Waals surface area contributed by atoms with E-state index in [0.29, 0.717) is 49.4 Å². The van der Waals surface area contributed by atoms with Gasteiger partial charge in [0.05, 0.1) is 7.11 Å². The van der Waals surface area contributed by atoms with Crippen LogP contribution in [0.25, 0.3) is 11.0 Å². The van der Waals surface area contributed by atoms with E-state index in [4.69, 9.17) is 9.15 Å². The molecule has 1 saturated heterocycles. The number of amides is 1. The van der Waals surface area contributed by atoms with Gasteiger partial charge in [-0.1, -0.05) is 18.2 Å². The average Bonchev–Trinajstić information content (AvgIpc) is 2.73. The summed E-state index contributed by atoms with van der Waals surface area (Å²) < 4.78 is 24.2. The second-order valence-electron chi connectivity index (χ2n) is 7.01. The Kier molecular flexibility index (Phi) is 5.31. The normalized spacial score (nSPS) is 14.9. The van der Waals surface area contributed by atoms with Gasteiger partial charge in [0.15, 0.2) is 0 Å². The number of fused-ring (bicyclic) bond motifs is 1. The van der Waals surface area contributed by atoms with Crippen molar-refractivity contribution in [3.05, 3.63) is 75.9 Å². The number of hydrogen-bond donors (Lipinski definition) is 0. The topological polar surface area (TPSA) is 63.0 Å². The Morgan fingerprint density at radius 1 is 1.10 bits per heavy atom. The highest BCUT2D eigenvalue weighted by atomic mass is 19.1. The Morgan fingerprint density at radius 2 is 1.86 bits per heavy atom. The van der Waals surface area contributed by atoms with E-state index in [1.54, 1.807) is 42.3 Å². The Morgan fingerprint density at radius 3 is 2.62 bits per heavy atom. The highest BCUT2D eigenvalue weighted by Crippen LogP contribution is 2.22. The van der Waals surface area contributed by atoms with Gasteiger partial charge in [0, 0.05) is 43.7 Å². The van der Waals surface area contributed by atoms with Crippen LogP contribution < -0.4 is 10.4 Å². The predicted molar refractivity (Wildman–Crippen MR) is 107 cm³/mol. The molecule has 0 unspecified atom stereocenters. The summed E-state index contributed by atoms with van der Waals surface area (Å²) in [7, 11) is 1.56. The molecule has 6 nitrogen and oxygen atoms in total. The number of para-hydroxylation sites is 1. The first-order valence-corrected chi connectivity index (χ1v) is 9.42. The van der Waals surface area contributed by atoms with Crippen LogP contribution in [0.5, 0.6) is 5.75 Å². The molecule has 2 heterocycles. The molecular weight excluding hydrogens is 375 g/mol. The van der Waals surface area contributed by atoms with Crippen LogP contribution in [0.2, 0.25) is 0 Å². The van der Waals surface area contributed by atoms with Gasteiger partial charge in [-0.3, -0.25) is 9.69 Å². The number of nitrogens with zero attached hydrogens (tertiary/aromatic N) is 2. The molecular formula is C22H21FN2O4. The van der Waals surface area contributed by atoms with Crippen LogP contribution in [-0.4, -0.2) is 49.0 Å². The molecule has 1 aromatic heterocycles. The van der Waals surface area contributed by atoms with Crippen LogP contribution >= 0.6 is 0 Å². The standard InChI is InChI=1S/C22H21FN2O4/c1-28-19-7-6-17(23)12-16(19)14-24-8-10-25(11-9-24)21(26)18-13-15-4-2-3-5-20(15)29-22(18)27/h2-7,12-13H,8-11,14H2,1H3. The Balaban J connectivity index is 1.45. The molecule has 29 heavy (non-hydrogen) atoms. The van der Waals surface area contributed by atoms with Gasteiger partial charge in [-0.25, -0.2) is 9.18 Å². The van der Waals surface area contributed by atoms with Crippen molar-refractivity contribution < 1.29 is 18.3 Å². The van der Waals surface area contributed by atoms with E-state index in [2.05, 4.69) is 4.90 Å². The zero-order chi connectivity index (χ0) is 20.4. The van der Waals surface area contributed by atoms with Crippen molar-refractivity contribution in [3.8, 4) is 5.75 Å². The van der Waals surface area contributed by atoms with Gasteiger partial charge in [-0.15, -0.1) is 0 Å². The Labute approximate surface area is 167 Å². The minimum atomic E-state index is -0.624. The lowest BCUT2D eigenvalue weighted by atomic mass is 10.1. The molecule has 0 aliphatic carbocycles. The van der Waals surface area contributed by atoms with Crippen LogP contribution in [0.3, 0.4) is 0 Å². The van der Waals surface area contributed by atoms with E-state index >= 15 is 0 Å². The maximum Gasteiger partial charge on any atom is 0.349 e.